The van der Waals surface area contributed by atoms with Crippen LogP contribution in [0.15, 0.2) is 41.2 Å². The summed E-state index contributed by atoms with van der Waals surface area (Å²) < 4.78 is 6.95. The third-order valence-corrected chi connectivity index (χ3v) is 4.85. The third kappa shape index (κ3) is 2.89. The highest BCUT2D eigenvalue weighted by Crippen LogP contribution is 2.29. The molecule has 1 aromatic heterocycles. The maximum atomic E-state index is 12.8. The molecule has 3 aromatic rings. The van der Waals surface area contributed by atoms with E-state index in [9.17, 15) is 14.7 Å². The zero-order chi connectivity index (χ0) is 19.1. The van der Waals surface area contributed by atoms with Crippen molar-refractivity contribution in [2.45, 2.75) is 19.9 Å². The van der Waals surface area contributed by atoms with Crippen molar-refractivity contribution in [3.05, 3.63) is 69.3 Å². The predicted molar refractivity (Wildman–Crippen MR) is 103 cm³/mol. The Bertz CT molecular complexity index is 1170. The number of benzene rings is 2. The van der Waals surface area contributed by atoms with Crippen LogP contribution in [0.5, 0.6) is 5.75 Å². The van der Waals surface area contributed by atoms with Crippen LogP contribution in [0.25, 0.3) is 22.6 Å². The first-order valence-corrected chi connectivity index (χ1v) is 8.61. The molecule has 0 atom stereocenters. The lowest BCUT2D eigenvalue weighted by Crippen LogP contribution is -2.21. The van der Waals surface area contributed by atoms with Gasteiger partial charge in [-0.15, -0.1) is 0 Å². The number of aromatic carboxylic acids is 1. The number of hydrogen-bond acceptors (Lipinski definition) is 4. The van der Waals surface area contributed by atoms with Crippen molar-refractivity contribution in [2.24, 2.45) is 0 Å². The van der Waals surface area contributed by atoms with Crippen molar-refractivity contribution in [3.63, 3.8) is 0 Å². The second-order valence-electron chi connectivity index (χ2n) is 6.58. The molecule has 0 fully saturated rings. The molecule has 0 amide bonds. The Morgan fingerprint density at radius 1 is 1.26 bits per heavy atom. The van der Waals surface area contributed by atoms with Gasteiger partial charge in [0.1, 0.15) is 11.6 Å². The summed E-state index contributed by atoms with van der Waals surface area (Å²) in [5.74, 6) is 0.387. The normalized spacial score (nSPS) is 14.5. The Hall–Kier alpha value is -3.41. The number of rotatable bonds is 3. The standard InChI is InChI=1S/C21H18N2O4/c1-12-9-13(3-6-18(12)27-2)10-14-7-8-23-19(14)22-17-11-15(21(25)26)4-5-16(17)20(23)24/h3-6,9-11H,7-8H2,1-2H3,(H,25,26)/b14-10-. The van der Waals surface area contributed by atoms with Crippen molar-refractivity contribution in [1.82, 2.24) is 9.55 Å². The van der Waals surface area contributed by atoms with Gasteiger partial charge >= 0.3 is 5.97 Å². The van der Waals surface area contributed by atoms with Crippen LogP contribution >= 0.6 is 0 Å². The topological polar surface area (TPSA) is 81.4 Å². The van der Waals surface area contributed by atoms with Crippen LogP contribution in [0, 0.1) is 6.92 Å². The molecule has 1 aliphatic heterocycles. The van der Waals surface area contributed by atoms with Crippen molar-refractivity contribution in [1.29, 1.82) is 0 Å². The van der Waals surface area contributed by atoms with Gasteiger partial charge in [0.05, 0.1) is 23.6 Å². The highest BCUT2D eigenvalue weighted by molar-refractivity contribution is 5.93. The number of ether oxygens (including phenoxy) is 1. The predicted octanol–water partition coefficient (Wildman–Crippen LogP) is 3.36. The summed E-state index contributed by atoms with van der Waals surface area (Å²) in [6, 6.07) is 10.3. The maximum absolute atomic E-state index is 12.8. The van der Waals surface area contributed by atoms with Crippen LogP contribution in [-0.4, -0.2) is 27.7 Å². The lowest BCUT2D eigenvalue weighted by atomic mass is 10.1. The van der Waals surface area contributed by atoms with Crippen LogP contribution in [0.2, 0.25) is 0 Å². The van der Waals surface area contributed by atoms with E-state index in [1.807, 2.05) is 31.2 Å². The molecule has 0 aliphatic carbocycles. The zero-order valence-electron chi connectivity index (χ0n) is 15.0. The van der Waals surface area contributed by atoms with Gasteiger partial charge in [0.25, 0.3) is 5.56 Å². The average molecular weight is 362 g/mol. The van der Waals surface area contributed by atoms with E-state index in [0.717, 1.165) is 22.4 Å². The van der Waals surface area contributed by atoms with Gasteiger partial charge in [-0.1, -0.05) is 6.07 Å². The molecular formula is C21H18N2O4. The van der Waals surface area contributed by atoms with E-state index >= 15 is 0 Å². The number of fused-ring (bicyclic) bond motifs is 2. The Morgan fingerprint density at radius 2 is 2.07 bits per heavy atom. The summed E-state index contributed by atoms with van der Waals surface area (Å²) in [5, 5.41) is 9.63. The largest absolute Gasteiger partial charge is 0.496 e. The number of methoxy groups -OCH3 is 1. The van der Waals surface area contributed by atoms with E-state index in [4.69, 9.17) is 4.74 Å². The highest BCUT2D eigenvalue weighted by Gasteiger charge is 2.21. The van der Waals surface area contributed by atoms with Crippen molar-refractivity contribution in [3.8, 4) is 5.75 Å². The van der Waals surface area contributed by atoms with Gasteiger partial charge < -0.3 is 9.84 Å². The van der Waals surface area contributed by atoms with Gasteiger partial charge in [0.15, 0.2) is 0 Å². The molecule has 1 aliphatic rings. The minimum Gasteiger partial charge on any atom is -0.496 e. The SMILES string of the molecule is COc1ccc(/C=C2/CCn3c2nc2cc(C(=O)O)ccc2c3=O)cc1C. The van der Waals surface area contributed by atoms with Crippen LogP contribution in [0.3, 0.4) is 0 Å². The monoisotopic (exact) mass is 362 g/mol. The summed E-state index contributed by atoms with van der Waals surface area (Å²) in [7, 11) is 1.64. The van der Waals surface area contributed by atoms with Gasteiger partial charge in [-0.3, -0.25) is 9.36 Å². The van der Waals surface area contributed by atoms with E-state index in [1.165, 1.54) is 18.2 Å². The van der Waals surface area contributed by atoms with E-state index in [0.29, 0.717) is 29.7 Å². The highest BCUT2D eigenvalue weighted by atomic mass is 16.5. The average Bonchev–Trinajstić information content (AvgIpc) is 3.04. The molecule has 0 radical (unpaired) electrons. The van der Waals surface area contributed by atoms with Crippen molar-refractivity contribution < 1.29 is 14.6 Å². The fraction of sp³-hybridized carbons (Fsp3) is 0.190. The Kier molecular flexibility index (Phi) is 4.03. The van der Waals surface area contributed by atoms with Crippen LogP contribution in [-0.2, 0) is 6.54 Å². The molecule has 0 bridgehead atoms. The van der Waals surface area contributed by atoms with Gasteiger partial charge in [-0.2, -0.15) is 0 Å². The molecule has 27 heavy (non-hydrogen) atoms. The number of carbonyl (C=O) groups is 1. The van der Waals surface area contributed by atoms with Crippen LogP contribution in [0.1, 0.15) is 33.7 Å². The van der Waals surface area contributed by atoms with Gasteiger partial charge in [-0.05, 0) is 66.5 Å². The molecule has 6 heteroatoms. The number of allylic oxidation sites excluding steroid dienone is 1. The molecular weight excluding hydrogens is 344 g/mol. The third-order valence-electron chi connectivity index (χ3n) is 4.85. The van der Waals surface area contributed by atoms with Gasteiger partial charge in [0.2, 0.25) is 0 Å². The van der Waals surface area contributed by atoms with E-state index < -0.39 is 5.97 Å². The molecule has 1 N–H and O–H groups in total. The van der Waals surface area contributed by atoms with Crippen molar-refractivity contribution in [2.75, 3.05) is 7.11 Å². The van der Waals surface area contributed by atoms with Crippen molar-refractivity contribution >= 4 is 28.5 Å². The Labute approximate surface area is 155 Å². The number of carboxylic acid groups (broad SMARTS) is 1. The first-order valence-electron chi connectivity index (χ1n) is 8.61. The minimum atomic E-state index is -1.04. The zero-order valence-corrected chi connectivity index (χ0v) is 15.0. The van der Waals surface area contributed by atoms with E-state index in [1.54, 1.807) is 11.7 Å². The number of nitrogens with zero attached hydrogens (tertiary/aromatic N) is 2. The number of aryl methyl sites for hydroxylation is 1. The second kappa shape index (κ2) is 6.39. The molecule has 0 saturated heterocycles. The summed E-state index contributed by atoms with van der Waals surface area (Å²) in [4.78, 5) is 28.6. The smallest absolute Gasteiger partial charge is 0.335 e. The fourth-order valence-electron chi connectivity index (χ4n) is 3.48. The van der Waals surface area contributed by atoms with Gasteiger partial charge in [0, 0.05) is 6.54 Å². The number of hydrogen-bond donors (Lipinski definition) is 1. The molecule has 2 heterocycles. The summed E-state index contributed by atoms with van der Waals surface area (Å²) >= 11 is 0. The molecule has 4 rings (SSSR count). The Morgan fingerprint density at radius 3 is 2.78 bits per heavy atom. The first-order chi connectivity index (χ1) is 13.0. The summed E-state index contributed by atoms with van der Waals surface area (Å²) in [6.07, 6.45) is 2.72. The number of aromatic nitrogens is 2. The quantitative estimate of drug-likeness (QED) is 0.773. The number of carboxylic acids is 1. The van der Waals surface area contributed by atoms with E-state index in [-0.39, 0.29) is 11.1 Å². The molecule has 6 nitrogen and oxygen atoms in total. The molecule has 2 aromatic carbocycles. The second-order valence-corrected chi connectivity index (χ2v) is 6.58. The summed E-state index contributed by atoms with van der Waals surface area (Å²) in [6.45, 7) is 2.55. The maximum Gasteiger partial charge on any atom is 0.335 e. The summed E-state index contributed by atoms with van der Waals surface area (Å²) in [5.41, 5.74) is 3.38. The lowest BCUT2D eigenvalue weighted by Gasteiger charge is -2.07. The Balaban J connectivity index is 1.85. The molecule has 0 saturated carbocycles. The fourth-order valence-corrected chi connectivity index (χ4v) is 3.48. The molecule has 0 spiro atoms. The molecule has 0 unspecified atom stereocenters. The van der Waals surface area contributed by atoms with Gasteiger partial charge in [-0.25, -0.2) is 9.78 Å². The van der Waals surface area contributed by atoms with E-state index in [2.05, 4.69) is 4.98 Å². The van der Waals surface area contributed by atoms with Crippen LogP contribution < -0.4 is 10.3 Å². The lowest BCUT2D eigenvalue weighted by molar-refractivity contribution is 0.0697. The minimum absolute atomic E-state index is 0.119. The van der Waals surface area contributed by atoms with Crippen LogP contribution in [0.4, 0.5) is 0 Å². The first kappa shape index (κ1) is 17.0. The molecule has 136 valence electrons.